The normalized spacial score (nSPS) is 11.0. The Morgan fingerprint density at radius 1 is 1.37 bits per heavy atom. The summed E-state index contributed by atoms with van der Waals surface area (Å²) in [6.07, 6.45) is 4.83. The third-order valence-corrected chi connectivity index (χ3v) is 3.94. The van der Waals surface area contributed by atoms with Gasteiger partial charge in [-0.25, -0.2) is 4.98 Å². The third-order valence-electron chi connectivity index (χ3n) is 2.94. The number of nitrogens with one attached hydrogen (secondary N) is 1. The molecule has 0 aliphatic carbocycles. The lowest BCUT2D eigenvalue weighted by molar-refractivity contribution is 0.592. The van der Waals surface area contributed by atoms with Crippen molar-refractivity contribution in [3.05, 3.63) is 42.2 Å². The van der Waals surface area contributed by atoms with Crippen molar-refractivity contribution < 1.29 is 0 Å². The first-order valence-electron chi connectivity index (χ1n) is 6.40. The predicted molar refractivity (Wildman–Crippen MR) is 79.7 cm³/mol. The molecule has 1 N–H and O–H groups in total. The van der Waals surface area contributed by atoms with Crippen molar-refractivity contribution in [3.8, 4) is 0 Å². The summed E-state index contributed by atoms with van der Waals surface area (Å²) in [7, 11) is 0. The van der Waals surface area contributed by atoms with Gasteiger partial charge in [-0.05, 0) is 37.1 Å². The van der Waals surface area contributed by atoms with Gasteiger partial charge < -0.3 is 5.32 Å². The van der Waals surface area contributed by atoms with Crippen molar-refractivity contribution in [3.63, 3.8) is 0 Å². The van der Waals surface area contributed by atoms with Crippen molar-refractivity contribution in [1.29, 1.82) is 0 Å². The van der Waals surface area contributed by atoms with E-state index in [-0.39, 0.29) is 0 Å². The highest BCUT2D eigenvalue weighted by atomic mass is 32.1. The van der Waals surface area contributed by atoms with Crippen molar-refractivity contribution in [1.82, 2.24) is 14.8 Å². The fraction of sp³-hybridized carbons (Fsp3) is 0.286. The van der Waals surface area contributed by atoms with Crippen LogP contribution in [-0.2, 0) is 6.54 Å². The number of nitrogens with zero attached hydrogens (tertiary/aromatic N) is 3. The summed E-state index contributed by atoms with van der Waals surface area (Å²) >= 11 is 1.71. The highest BCUT2D eigenvalue weighted by Gasteiger charge is 2.03. The van der Waals surface area contributed by atoms with Crippen LogP contribution < -0.4 is 5.32 Å². The number of anilines is 1. The lowest BCUT2D eigenvalue weighted by Crippen LogP contribution is -2.06. The molecule has 98 valence electrons. The molecular formula is C14H16N4S. The van der Waals surface area contributed by atoms with Crippen LogP contribution in [0.1, 0.15) is 12.0 Å². The van der Waals surface area contributed by atoms with E-state index in [9.17, 15) is 0 Å². The van der Waals surface area contributed by atoms with Crippen LogP contribution in [0.2, 0.25) is 0 Å². The minimum absolute atomic E-state index is 0.915. The number of thiazole rings is 1. The summed E-state index contributed by atoms with van der Waals surface area (Å²) < 4.78 is 3.18. The summed E-state index contributed by atoms with van der Waals surface area (Å²) in [4.78, 5) is 4.59. The van der Waals surface area contributed by atoms with E-state index in [4.69, 9.17) is 0 Å². The van der Waals surface area contributed by atoms with Crippen LogP contribution in [0.3, 0.4) is 0 Å². The molecule has 4 nitrogen and oxygen atoms in total. The van der Waals surface area contributed by atoms with Crippen LogP contribution in [0.5, 0.6) is 0 Å². The average Bonchev–Trinajstić information content (AvgIpc) is 3.02. The van der Waals surface area contributed by atoms with Crippen LogP contribution in [-0.4, -0.2) is 21.3 Å². The van der Waals surface area contributed by atoms with Gasteiger partial charge in [0, 0.05) is 25.5 Å². The molecule has 2 heterocycles. The number of aryl methyl sites for hydroxylation is 2. The zero-order chi connectivity index (χ0) is 13.1. The summed E-state index contributed by atoms with van der Waals surface area (Å²) in [5.41, 5.74) is 2.34. The average molecular weight is 272 g/mol. The van der Waals surface area contributed by atoms with Gasteiger partial charge in [-0.3, -0.25) is 4.68 Å². The standard InChI is InChI=1S/C14H16N4S/c1-11-4-5-13-12(10-11)17-14(19-13)15-6-2-8-18-9-3-7-16-18/h3-5,7,9-10H,2,6,8H2,1H3,(H,15,17). The van der Waals surface area contributed by atoms with E-state index in [1.165, 1.54) is 10.3 Å². The van der Waals surface area contributed by atoms with Crippen molar-refractivity contribution >= 4 is 26.7 Å². The SMILES string of the molecule is Cc1ccc2sc(NCCCn3cccn3)nc2c1. The predicted octanol–water partition coefficient (Wildman–Crippen LogP) is 3.30. The molecule has 3 aromatic rings. The van der Waals surface area contributed by atoms with Crippen molar-refractivity contribution in [2.45, 2.75) is 19.9 Å². The Hall–Kier alpha value is -1.88. The summed E-state index contributed by atoms with van der Waals surface area (Å²) in [5.74, 6) is 0. The van der Waals surface area contributed by atoms with Gasteiger partial charge in [-0.15, -0.1) is 0 Å². The maximum absolute atomic E-state index is 4.59. The highest BCUT2D eigenvalue weighted by molar-refractivity contribution is 7.22. The number of fused-ring (bicyclic) bond motifs is 1. The maximum Gasteiger partial charge on any atom is 0.183 e. The molecule has 0 saturated carbocycles. The van der Waals surface area contributed by atoms with Gasteiger partial charge in [0.25, 0.3) is 0 Å². The lowest BCUT2D eigenvalue weighted by atomic mass is 10.2. The van der Waals surface area contributed by atoms with Gasteiger partial charge >= 0.3 is 0 Å². The molecule has 0 atom stereocenters. The quantitative estimate of drug-likeness (QED) is 0.725. The van der Waals surface area contributed by atoms with Crippen molar-refractivity contribution in [2.75, 3.05) is 11.9 Å². The molecular weight excluding hydrogens is 256 g/mol. The Morgan fingerprint density at radius 3 is 3.16 bits per heavy atom. The molecule has 0 spiro atoms. The molecule has 0 bridgehead atoms. The summed E-state index contributed by atoms with van der Waals surface area (Å²) in [6.45, 7) is 3.94. The van der Waals surface area contributed by atoms with Gasteiger partial charge in [-0.2, -0.15) is 5.10 Å². The van der Waals surface area contributed by atoms with Crippen LogP contribution in [0.4, 0.5) is 5.13 Å². The number of hydrogen-bond donors (Lipinski definition) is 1. The largest absolute Gasteiger partial charge is 0.361 e. The fourth-order valence-electron chi connectivity index (χ4n) is 1.98. The number of rotatable bonds is 5. The van der Waals surface area contributed by atoms with Gasteiger partial charge in [-0.1, -0.05) is 17.4 Å². The smallest absolute Gasteiger partial charge is 0.183 e. The maximum atomic E-state index is 4.59. The monoisotopic (exact) mass is 272 g/mol. The van der Waals surface area contributed by atoms with E-state index >= 15 is 0 Å². The van der Waals surface area contributed by atoms with E-state index in [0.717, 1.165) is 30.2 Å². The zero-order valence-electron chi connectivity index (χ0n) is 10.8. The van der Waals surface area contributed by atoms with Gasteiger partial charge in [0.1, 0.15) is 0 Å². The van der Waals surface area contributed by atoms with Gasteiger partial charge in [0.2, 0.25) is 0 Å². The van der Waals surface area contributed by atoms with E-state index in [2.05, 4.69) is 40.5 Å². The van der Waals surface area contributed by atoms with Crippen LogP contribution in [0, 0.1) is 6.92 Å². The zero-order valence-corrected chi connectivity index (χ0v) is 11.7. The van der Waals surface area contributed by atoms with E-state index < -0.39 is 0 Å². The Labute approximate surface area is 116 Å². The first-order chi connectivity index (χ1) is 9.31. The van der Waals surface area contributed by atoms with Crippen LogP contribution in [0.25, 0.3) is 10.2 Å². The molecule has 1 aromatic carbocycles. The topological polar surface area (TPSA) is 42.7 Å². The highest BCUT2D eigenvalue weighted by Crippen LogP contribution is 2.26. The summed E-state index contributed by atoms with van der Waals surface area (Å²) in [5, 5.41) is 8.56. The Morgan fingerprint density at radius 2 is 2.32 bits per heavy atom. The number of hydrogen-bond acceptors (Lipinski definition) is 4. The van der Waals surface area contributed by atoms with E-state index in [0.29, 0.717) is 0 Å². The first kappa shape index (κ1) is 12.2. The minimum Gasteiger partial charge on any atom is -0.361 e. The third kappa shape index (κ3) is 2.93. The summed E-state index contributed by atoms with van der Waals surface area (Å²) in [6, 6.07) is 8.34. The number of aromatic nitrogens is 3. The molecule has 0 fully saturated rings. The molecule has 3 rings (SSSR count). The Kier molecular flexibility index (Phi) is 3.46. The van der Waals surface area contributed by atoms with Crippen molar-refractivity contribution in [2.24, 2.45) is 0 Å². The second kappa shape index (κ2) is 5.40. The molecule has 19 heavy (non-hydrogen) atoms. The van der Waals surface area contributed by atoms with E-state index in [1.54, 1.807) is 11.3 Å². The second-order valence-electron chi connectivity index (χ2n) is 4.54. The van der Waals surface area contributed by atoms with E-state index in [1.807, 2.05) is 23.1 Å². The Balaban J connectivity index is 1.56. The number of benzene rings is 1. The molecule has 0 radical (unpaired) electrons. The minimum atomic E-state index is 0.915. The van der Waals surface area contributed by atoms with Gasteiger partial charge in [0.05, 0.1) is 10.2 Å². The second-order valence-corrected chi connectivity index (χ2v) is 5.57. The molecule has 0 saturated heterocycles. The van der Waals surface area contributed by atoms with Gasteiger partial charge in [0.15, 0.2) is 5.13 Å². The molecule has 5 heteroatoms. The molecule has 2 aromatic heterocycles. The Bertz CT molecular complexity index is 657. The molecule has 0 aliphatic rings. The van der Waals surface area contributed by atoms with Crippen LogP contribution in [0.15, 0.2) is 36.7 Å². The molecule has 0 amide bonds. The van der Waals surface area contributed by atoms with Crippen LogP contribution >= 0.6 is 11.3 Å². The first-order valence-corrected chi connectivity index (χ1v) is 7.21. The molecule has 0 unspecified atom stereocenters. The fourth-order valence-corrected chi connectivity index (χ4v) is 2.85. The molecule has 0 aliphatic heterocycles. The lowest BCUT2D eigenvalue weighted by Gasteiger charge is -2.02.